The number of aliphatic carboxylic acids is 1. The third-order valence-corrected chi connectivity index (χ3v) is 3.11. The van der Waals surface area contributed by atoms with Crippen molar-refractivity contribution in [2.75, 3.05) is 20.1 Å². The van der Waals surface area contributed by atoms with Crippen LogP contribution in [0.4, 0.5) is 4.79 Å². The molecule has 5 heteroatoms. The highest BCUT2D eigenvalue weighted by molar-refractivity contribution is 5.85. The van der Waals surface area contributed by atoms with Crippen LogP contribution in [0.15, 0.2) is 0 Å². The number of amides is 2. The third kappa shape index (κ3) is 4.20. The Kier molecular flexibility index (Phi) is 6.15. The van der Waals surface area contributed by atoms with Gasteiger partial charge in [0, 0.05) is 20.1 Å². The summed E-state index contributed by atoms with van der Waals surface area (Å²) in [7, 11) is 1.71. The van der Waals surface area contributed by atoms with E-state index in [1.807, 2.05) is 0 Å². The lowest BCUT2D eigenvalue weighted by Gasteiger charge is -2.37. The van der Waals surface area contributed by atoms with Crippen LogP contribution in [0.3, 0.4) is 0 Å². The summed E-state index contributed by atoms with van der Waals surface area (Å²) in [6.45, 7) is 10.1. The standard InChI is InChI=1S/C13H26N2O3/c1-7-15(13(4,5)11(16)17)12(18)14(6)9-8-10(2)3/h10H,7-9H2,1-6H3,(H,16,17). The smallest absolute Gasteiger partial charge is 0.329 e. The molecule has 0 spiro atoms. The molecule has 0 heterocycles. The number of carbonyl (C=O) groups is 2. The average Bonchev–Trinajstić information content (AvgIpc) is 2.25. The van der Waals surface area contributed by atoms with E-state index >= 15 is 0 Å². The van der Waals surface area contributed by atoms with Crippen molar-refractivity contribution < 1.29 is 14.7 Å². The van der Waals surface area contributed by atoms with Gasteiger partial charge in [0.25, 0.3) is 0 Å². The predicted octanol–water partition coefficient (Wildman–Crippen LogP) is 2.27. The van der Waals surface area contributed by atoms with E-state index in [9.17, 15) is 14.7 Å². The highest BCUT2D eigenvalue weighted by Gasteiger charge is 2.37. The van der Waals surface area contributed by atoms with Crippen molar-refractivity contribution >= 4 is 12.0 Å². The number of hydrogen-bond acceptors (Lipinski definition) is 2. The molecule has 2 amide bonds. The molecule has 106 valence electrons. The molecular formula is C13H26N2O3. The van der Waals surface area contributed by atoms with E-state index in [1.165, 1.54) is 4.90 Å². The van der Waals surface area contributed by atoms with E-state index in [0.29, 0.717) is 19.0 Å². The van der Waals surface area contributed by atoms with Gasteiger partial charge in [-0.1, -0.05) is 13.8 Å². The first-order valence-electron chi connectivity index (χ1n) is 6.40. The first-order chi connectivity index (χ1) is 8.14. The van der Waals surface area contributed by atoms with Crippen LogP contribution >= 0.6 is 0 Å². The fourth-order valence-electron chi connectivity index (χ4n) is 1.64. The van der Waals surface area contributed by atoms with E-state index in [0.717, 1.165) is 6.42 Å². The number of carbonyl (C=O) groups excluding carboxylic acids is 1. The van der Waals surface area contributed by atoms with Crippen LogP contribution in [0, 0.1) is 5.92 Å². The summed E-state index contributed by atoms with van der Waals surface area (Å²) >= 11 is 0. The average molecular weight is 258 g/mol. The van der Waals surface area contributed by atoms with Gasteiger partial charge in [0.15, 0.2) is 0 Å². The number of likely N-dealkylation sites (N-methyl/N-ethyl adjacent to an activating group) is 1. The first kappa shape index (κ1) is 16.7. The Morgan fingerprint density at radius 3 is 2.11 bits per heavy atom. The Labute approximate surface area is 110 Å². The maximum Gasteiger partial charge on any atom is 0.329 e. The van der Waals surface area contributed by atoms with Gasteiger partial charge in [0.1, 0.15) is 5.54 Å². The quantitative estimate of drug-likeness (QED) is 0.795. The van der Waals surface area contributed by atoms with Gasteiger partial charge in [-0.3, -0.25) is 0 Å². The first-order valence-corrected chi connectivity index (χ1v) is 6.40. The Morgan fingerprint density at radius 2 is 1.78 bits per heavy atom. The van der Waals surface area contributed by atoms with Gasteiger partial charge in [-0.15, -0.1) is 0 Å². The molecule has 1 N–H and O–H groups in total. The number of carboxylic acids is 1. The minimum Gasteiger partial charge on any atom is -0.480 e. The number of carboxylic acid groups (broad SMARTS) is 1. The van der Waals surface area contributed by atoms with Crippen LogP contribution in [0.25, 0.3) is 0 Å². The summed E-state index contributed by atoms with van der Waals surface area (Å²) in [6, 6.07) is -0.231. The summed E-state index contributed by atoms with van der Waals surface area (Å²) in [5, 5.41) is 9.18. The van der Waals surface area contributed by atoms with E-state index in [-0.39, 0.29) is 6.03 Å². The normalized spacial score (nSPS) is 11.5. The Hall–Kier alpha value is -1.26. The molecule has 0 aliphatic heterocycles. The molecule has 0 atom stereocenters. The lowest BCUT2D eigenvalue weighted by atomic mass is 10.0. The molecule has 0 aromatic heterocycles. The van der Waals surface area contributed by atoms with Crippen molar-refractivity contribution in [1.29, 1.82) is 0 Å². The molecule has 0 rings (SSSR count). The molecule has 0 aromatic carbocycles. The molecular weight excluding hydrogens is 232 g/mol. The second-order valence-electron chi connectivity index (χ2n) is 5.50. The minimum atomic E-state index is -1.18. The van der Waals surface area contributed by atoms with E-state index in [1.54, 1.807) is 32.7 Å². The van der Waals surface area contributed by atoms with E-state index in [4.69, 9.17) is 0 Å². The fourth-order valence-corrected chi connectivity index (χ4v) is 1.64. The lowest BCUT2D eigenvalue weighted by molar-refractivity contribution is -0.147. The maximum atomic E-state index is 12.2. The topological polar surface area (TPSA) is 60.9 Å². The van der Waals surface area contributed by atoms with E-state index < -0.39 is 11.5 Å². The van der Waals surface area contributed by atoms with Crippen LogP contribution < -0.4 is 0 Å². The summed E-state index contributed by atoms with van der Waals surface area (Å²) in [5.41, 5.74) is -1.18. The summed E-state index contributed by atoms with van der Waals surface area (Å²) < 4.78 is 0. The van der Waals surface area contributed by atoms with Gasteiger partial charge in [-0.25, -0.2) is 9.59 Å². The SMILES string of the molecule is CCN(C(=O)N(C)CCC(C)C)C(C)(C)C(=O)O. The van der Waals surface area contributed by atoms with Crippen molar-refractivity contribution in [3.05, 3.63) is 0 Å². The molecule has 0 aliphatic rings. The van der Waals surface area contributed by atoms with Crippen molar-refractivity contribution in [2.24, 2.45) is 5.92 Å². The van der Waals surface area contributed by atoms with Crippen LogP contribution in [-0.2, 0) is 4.79 Å². The number of nitrogens with zero attached hydrogens (tertiary/aromatic N) is 2. The molecule has 0 saturated carbocycles. The Bertz CT molecular complexity index is 301. The second kappa shape index (κ2) is 6.61. The monoisotopic (exact) mass is 258 g/mol. The van der Waals surface area contributed by atoms with Gasteiger partial charge in [-0.05, 0) is 33.1 Å². The summed E-state index contributed by atoms with van der Waals surface area (Å²) in [6.07, 6.45) is 0.910. The number of urea groups is 1. The zero-order chi connectivity index (χ0) is 14.5. The summed E-state index contributed by atoms with van der Waals surface area (Å²) in [4.78, 5) is 26.4. The maximum absolute atomic E-state index is 12.2. The van der Waals surface area contributed by atoms with E-state index in [2.05, 4.69) is 13.8 Å². The van der Waals surface area contributed by atoms with Crippen LogP contribution in [0.2, 0.25) is 0 Å². The van der Waals surface area contributed by atoms with Crippen molar-refractivity contribution in [3.63, 3.8) is 0 Å². The van der Waals surface area contributed by atoms with Crippen LogP contribution in [-0.4, -0.2) is 52.6 Å². The molecule has 0 unspecified atom stereocenters. The van der Waals surface area contributed by atoms with Crippen LogP contribution in [0.5, 0.6) is 0 Å². The minimum absolute atomic E-state index is 0.231. The van der Waals surface area contributed by atoms with Crippen molar-refractivity contribution in [1.82, 2.24) is 9.80 Å². The molecule has 0 aliphatic carbocycles. The van der Waals surface area contributed by atoms with Gasteiger partial charge < -0.3 is 14.9 Å². The van der Waals surface area contributed by atoms with Crippen LogP contribution in [0.1, 0.15) is 41.0 Å². The van der Waals surface area contributed by atoms with Gasteiger partial charge in [-0.2, -0.15) is 0 Å². The highest BCUT2D eigenvalue weighted by atomic mass is 16.4. The molecule has 0 bridgehead atoms. The summed E-state index contributed by atoms with van der Waals surface area (Å²) in [5.74, 6) is -0.474. The highest BCUT2D eigenvalue weighted by Crippen LogP contribution is 2.17. The zero-order valence-electron chi connectivity index (χ0n) is 12.4. The van der Waals surface area contributed by atoms with Gasteiger partial charge in [0.2, 0.25) is 0 Å². The molecule has 0 radical (unpaired) electrons. The van der Waals surface area contributed by atoms with Gasteiger partial charge >= 0.3 is 12.0 Å². The van der Waals surface area contributed by atoms with Gasteiger partial charge in [0.05, 0.1) is 0 Å². The largest absolute Gasteiger partial charge is 0.480 e. The van der Waals surface area contributed by atoms with Crippen molar-refractivity contribution in [2.45, 2.75) is 46.6 Å². The number of hydrogen-bond donors (Lipinski definition) is 1. The molecule has 5 nitrogen and oxygen atoms in total. The molecule has 0 fully saturated rings. The predicted molar refractivity (Wildman–Crippen MR) is 71.6 cm³/mol. The number of rotatable bonds is 6. The Morgan fingerprint density at radius 1 is 1.28 bits per heavy atom. The molecule has 18 heavy (non-hydrogen) atoms. The third-order valence-electron chi connectivity index (χ3n) is 3.11. The molecule has 0 aromatic rings. The zero-order valence-corrected chi connectivity index (χ0v) is 12.4. The molecule has 0 saturated heterocycles. The Balaban J connectivity index is 4.76. The second-order valence-corrected chi connectivity index (χ2v) is 5.50. The van der Waals surface area contributed by atoms with Crippen molar-refractivity contribution in [3.8, 4) is 0 Å². The fraction of sp³-hybridized carbons (Fsp3) is 0.846. The lowest BCUT2D eigenvalue weighted by Crippen LogP contribution is -2.56.